The Morgan fingerprint density at radius 2 is 1.61 bits per heavy atom. The van der Waals surface area contributed by atoms with E-state index >= 15 is 0 Å². The molecule has 1 N–H and O–H groups in total. The third-order valence-electron chi connectivity index (χ3n) is 5.51. The number of hydrogen-bond acceptors (Lipinski definition) is 4. The van der Waals surface area contributed by atoms with Crippen LogP contribution in [0.3, 0.4) is 0 Å². The molecule has 2 aromatic carbocycles. The van der Waals surface area contributed by atoms with E-state index in [9.17, 15) is 5.11 Å². The largest absolute Gasteiger partial charge is 0.544 e. The van der Waals surface area contributed by atoms with Crippen molar-refractivity contribution in [3.05, 3.63) is 54.1 Å². The van der Waals surface area contributed by atoms with Crippen molar-refractivity contribution in [1.82, 2.24) is 15.0 Å². The van der Waals surface area contributed by atoms with Crippen LogP contribution in [0, 0.1) is 0 Å². The second kappa shape index (κ2) is 10.9. The third-order valence-corrected chi connectivity index (χ3v) is 6.34. The average molecular weight is 440 g/mol. The first-order chi connectivity index (χ1) is 14.9. The van der Waals surface area contributed by atoms with E-state index in [0.717, 1.165) is 41.6 Å². The Kier molecular flexibility index (Phi) is 8.26. The molecule has 1 aromatic heterocycles. The lowest BCUT2D eigenvalue weighted by Crippen LogP contribution is -2.32. The van der Waals surface area contributed by atoms with Gasteiger partial charge in [0.15, 0.2) is 0 Å². The summed E-state index contributed by atoms with van der Waals surface area (Å²) in [6.45, 7) is 8.76. The van der Waals surface area contributed by atoms with Gasteiger partial charge < -0.3 is 9.53 Å². The molecule has 168 valence electrons. The zero-order chi connectivity index (χ0) is 22.3. The molecule has 31 heavy (non-hydrogen) atoms. The molecule has 0 amide bonds. The molecule has 6 heteroatoms. The van der Waals surface area contributed by atoms with Crippen molar-refractivity contribution in [1.29, 1.82) is 0 Å². The van der Waals surface area contributed by atoms with Gasteiger partial charge in [-0.3, -0.25) is 0 Å². The fraction of sp³-hybridized carbons (Fsp3) is 0.520. The molecule has 0 radical (unpaired) electrons. The highest BCUT2D eigenvalue weighted by molar-refractivity contribution is 6.70. The molecule has 0 aliphatic heterocycles. The van der Waals surface area contributed by atoms with Crippen molar-refractivity contribution < 1.29 is 9.53 Å². The van der Waals surface area contributed by atoms with Gasteiger partial charge in [0.2, 0.25) is 8.32 Å². The minimum atomic E-state index is -1.82. The predicted octanol–water partition coefficient (Wildman–Crippen LogP) is 6.35. The Labute approximate surface area is 187 Å². The van der Waals surface area contributed by atoms with E-state index in [0.29, 0.717) is 0 Å². The van der Waals surface area contributed by atoms with Crippen LogP contribution in [0.25, 0.3) is 11.0 Å². The van der Waals surface area contributed by atoms with Gasteiger partial charge in [0.1, 0.15) is 17.3 Å². The molecule has 3 rings (SSSR count). The van der Waals surface area contributed by atoms with Crippen LogP contribution in [0.4, 0.5) is 0 Å². The smallest absolute Gasteiger partial charge is 0.242 e. The first-order valence-electron chi connectivity index (χ1n) is 11.7. The van der Waals surface area contributed by atoms with Crippen LogP contribution in [-0.4, -0.2) is 34.5 Å². The van der Waals surface area contributed by atoms with E-state index in [1.807, 2.05) is 47.1 Å². The van der Waals surface area contributed by atoms with Gasteiger partial charge >= 0.3 is 0 Å². The summed E-state index contributed by atoms with van der Waals surface area (Å²) in [5.74, 6) is 0.841. The molecular formula is C25H37N3O2Si. The quantitative estimate of drug-likeness (QED) is 0.264. The zero-order valence-electron chi connectivity index (χ0n) is 19.4. The molecular weight excluding hydrogens is 402 g/mol. The number of rotatable bonds is 12. The van der Waals surface area contributed by atoms with Crippen LogP contribution < -0.4 is 4.43 Å². The number of unbranched alkanes of at least 4 members (excludes halogenated alkanes) is 5. The van der Waals surface area contributed by atoms with Crippen molar-refractivity contribution in [2.75, 3.05) is 0 Å². The van der Waals surface area contributed by atoms with Gasteiger partial charge in [-0.25, -0.2) is 4.68 Å². The summed E-state index contributed by atoms with van der Waals surface area (Å²) in [5.41, 5.74) is 2.74. The summed E-state index contributed by atoms with van der Waals surface area (Å²) < 4.78 is 8.29. The minimum Gasteiger partial charge on any atom is -0.544 e. The van der Waals surface area contributed by atoms with Crippen LogP contribution in [-0.2, 0) is 0 Å². The number of para-hydroxylation sites is 2. The van der Waals surface area contributed by atoms with Gasteiger partial charge in [-0.05, 0) is 44.3 Å². The lowest BCUT2D eigenvalue weighted by atomic mass is 9.95. The lowest BCUT2D eigenvalue weighted by molar-refractivity contribution is 0.112. The number of benzene rings is 2. The zero-order valence-corrected chi connectivity index (χ0v) is 20.4. The fourth-order valence-corrected chi connectivity index (χ4v) is 4.88. The van der Waals surface area contributed by atoms with Gasteiger partial charge in [0.05, 0.1) is 11.6 Å². The van der Waals surface area contributed by atoms with E-state index in [2.05, 4.69) is 42.9 Å². The molecule has 5 nitrogen and oxygen atoms in total. The molecule has 0 saturated carbocycles. The molecule has 0 bridgehead atoms. The van der Waals surface area contributed by atoms with Gasteiger partial charge in [-0.15, -0.1) is 5.10 Å². The van der Waals surface area contributed by atoms with E-state index in [-0.39, 0.29) is 6.04 Å². The second-order valence-corrected chi connectivity index (χ2v) is 13.8. The number of nitrogens with zero attached hydrogens (tertiary/aromatic N) is 3. The molecule has 0 spiro atoms. The van der Waals surface area contributed by atoms with Crippen molar-refractivity contribution in [3.63, 3.8) is 0 Å². The van der Waals surface area contributed by atoms with Gasteiger partial charge in [-0.2, -0.15) is 0 Å². The molecule has 1 heterocycles. The molecule has 0 aliphatic carbocycles. The van der Waals surface area contributed by atoms with E-state index in [1.54, 1.807) is 0 Å². The first-order valence-corrected chi connectivity index (χ1v) is 15.1. The third kappa shape index (κ3) is 6.40. The summed E-state index contributed by atoms with van der Waals surface area (Å²) in [6, 6.07) is 15.7. The monoisotopic (exact) mass is 439 g/mol. The number of hydrogen-bond donors (Lipinski definition) is 1. The summed E-state index contributed by atoms with van der Waals surface area (Å²) in [4.78, 5) is 0. The molecule has 0 fully saturated rings. The minimum absolute atomic E-state index is 0.337. The van der Waals surface area contributed by atoms with E-state index < -0.39 is 14.4 Å². The fourth-order valence-electron chi connectivity index (χ4n) is 4.03. The van der Waals surface area contributed by atoms with Crippen LogP contribution in [0.5, 0.6) is 5.75 Å². The van der Waals surface area contributed by atoms with E-state index in [4.69, 9.17) is 4.43 Å². The van der Waals surface area contributed by atoms with Crippen LogP contribution in [0.1, 0.15) is 63.5 Å². The Morgan fingerprint density at radius 3 is 2.39 bits per heavy atom. The lowest BCUT2D eigenvalue weighted by Gasteiger charge is -2.28. The summed E-state index contributed by atoms with van der Waals surface area (Å²) in [7, 11) is -1.82. The standard InChI is InChI=1S/C25H37N3O2Si/c1-5-6-7-8-9-10-18-23(29)25(28-22-17-13-12-16-21(22)26-27-28)20-15-11-14-19-24(20)30-31(2,3)4/h11-17,19,23,25,29H,5-10,18H2,1-4H3. The molecule has 2 atom stereocenters. The predicted molar refractivity (Wildman–Crippen MR) is 130 cm³/mol. The van der Waals surface area contributed by atoms with Crippen molar-refractivity contribution >= 4 is 19.4 Å². The number of aliphatic hydroxyl groups is 1. The number of aliphatic hydroxyl groups excluding tert-OH is 1. The average Bonchev–Trinajstić information content (AvgIpc) is 3.15. The Balaban J connectivity index is 1.91. The topological polar surface area (TPSA) is 60.2 Å². The molecule has 3 aromatic rings. The van der Waals surface area contributed by atoms with Crippen LogP contribution in [0.15, 0.2) is 48.5 Å². The highest BCUT2D eigenvalue weighted by Crippen LogP contribution is 2.35. The normalized spacial score (nSPS) is 14.0. The van der Waals surface area contributed by atoms with Gasteiger partial charge in [-0.1, -0.05) is 81.0 Å². The highest BCUT2D eigenvalue weighted by atomic mass is 28.4. The van der Waals surface area contributed by atoms with Gasteiger partial charge in [0, 0.05) is 5.56 Å². The maximum Gasteiger partial charge on any atom is 0.242 e. The number of fused-ring (bicyclic) bond motifs is 1. The maximum atomic E-state index is 11.4. The highest BCUT2D eigenvalue weighted by Gasteiger charge is 2.29. The molecule has 2 unspecified atom stereocenters. The summed E-state index contributed by atoms with van der Waals surface area (Å²) in [6.07, 6.45) is 7.35. The van der Waals surface area contributed by atoms with Crippen molar-refractivity contribution in [2.24, 2.45) is 0 Å². The van der Waals surface area contributed by atoms with E-state index in [1.165, 1.54) is 25.7 Å². The number of aromatic nitrogens is 3. The maximum absolute atomic E-state index is 11.4. The summed E-state index contributed by atoms with van der Waals surface area (Å²) in [5, 5.41) is 20.2. The second-order valence-electron chi connectivity index (χ2n) is 9.34. The Morgan fingerprint density at radius 1 is 0.935 bits per heavy atom. The SMILES string of the molecule is CCCCCCCCC(O)C(c1ccccc1O[Si](C)(C)C)n1nnc2ccccc21. The molecule has 0 aliphatic rings. The Hall–Kier alpha value is -2.18. The first kappa shape index (κ1) is 23.5. The summed E-state index contributed by atoms with van der Waals surface area (Å²) >= 11 is 0. The Bertz CT molecular complexity index is 951. The van der Waals surface area contributed by atoms with Crippen molar-refractivity contribution in [3.8, 4) is 5.75 Å². The van der Waals surface area contributed by atoms with Crippen molar-refractivity contribution in [2.45, 2.75) is 83.7 Å². The van der Waals surface area contributed by atoms with Crippen LogP contribution >= 0.6 is 0 Å². The molecule has 0 saturated heterocycles. The van der Waals surface area contributed by atoms with Gasteiger partial charge in [0.25, 0.3) is 0 Å². The van der Waals surface area contributed by atoms with Crippen LogP contribution in [0.2, 0.25) is 19.6 Å².